The fourth-order valence-corrected chi connectivity index (χ4v) is 2.70. The van der Waals surface area contributed by atoms with E-state index in [1.54, 1.807) is 0 Å². The van der Waals surface area contributed by atoms with Crippen molar-refractivity contribution in [2.75, 3.05) is 13.7 Å². The third kappa shape index (κ3) is 2.24. The minimum absolute atomic E-state index is 0.807. The molecule has 3 rings (SSSR count). The molecule has 0 aromatic heterocycles. The maximum absolute atomic E-state index is 5.82. The first-order valence-corrected chi connectivity index (χ1v) is 6.79. The maximum Gasteiger partial charge on any atom is 0.130 e. The lowest BCUT2D eigenvalue weighted by Crippen LogP contribution is -2.05. The molecule has 0 saturated heterocycles. The normalized spacial score (nSPS) is 13.2. The van der Waals surface area contributed by atoms with E-state index in [9.17, 15) is 0 Å². The quantitative estimate of drug-likeness (QED) is 0.906. The summed E-state index contributed by atoms with van der Waals surface area (Å²) in [6, 6.07) is 13.1. The van der Waals surface area contributed by atoms with Crippen LogP contribution in [0.25, 0.3) is 11.1 Å². The molecule has 0 saturated carbocycles. The van der Waals surface area contributed by atoms with Crippen LogP contribution in [0.2, 0.25) is 0 Å². The molecule has 19 heavy (non-hydrogen) atoms. The fraction of sp³-hybridized carbons (Fsp3) is 0.294. The first kappa shape index (κ1) is 12.2. The van der Waals surface area contributed by atoms with Crippen LogP contribution in [0.5, 0.6) is 5.75 Å². The minimum Gasteiger partial charge on any atom is -0.492 e. The zero-order valence-corrected chi connectivity index (χ0v) is 11.5. The van der Waals surface area contributed by atoms with E-state index in [-0.39, 0.29) is 0 Å². The SMILES string of the molecule is CNCc1ccc(C)c(-c2cccc3c2OCC3)c1. The van der Waals surface area contributed by atoms with E-state index in [1.807, 2.05) is 7.05 Å². The van der Waals surface area contributed by atoms with Gasteiger partial charge in [-0.25, -0.2) is 0 Å². The zero-order chi connectivity index (χ0) is 13.2. The second-order valence-electron chi connectivity index (χ2n) is 5.07. The van der Waals surface area contributed by atoms with Gasteiger partial charge >= 0.3 is 0 Å². The van der Waals surface area contributed by atoms with Gasteiger partial charge in [-0.15, -0.1) is 0 Å². The Bertz CT molecular complexity index is 604. The standard InChI is InChI=1S/C17H19NO/c1-12-6-7-13(11-18-2)10-16(12)15-5-3-4-14-8-9-19-17(14)15/h3-7,10,18H,8-9,11H2,1-2H3. The molecule has 0 spiro atoms. The third-order valence-corrected chi connectivity index (χ3v) is 3.69. The maximum atomic E-state index is 5.82. The van der Waals surface area contributed by atoms with Crippen molar-refractivity contribution in [2.24, 2.45) is 0 Å². The molecule has 98 valence electrons. The second-order valence-corrected chi connectivity index (χ2v) is 5.07. The predicted octanol–water partition coefficient (Wildman–Crippen LogP) is 3.32. The van der Waals surface area contributed by atoms with Gasteiger partial charge in [0.2, 0.25) is 0 Å². The summed E-state index contributed by atoms with van der Waals surface area (Å²) in [4.78, 5) is 0. The lowest BCUT2D eigenvalue weighted by Gasteiger charge is -2.12. The number of ether oxygens (including phenoxy) is 1. The van der Waals surface area contributed by atoms with Crippen molar-refractivity contribution >= 4 is 0 Å². The summed E-state index contributed by atoms with van der Waals surface area (Å²) in [5.41, 5.74) is 6.44. The lowest BCUT2D eigenvalue weighted by molar-refractivity contribution is 0.358. The van der Waals surface area contributed by atoms with Crippen LogP contribution in [0.4, 0.5) is 0 Å². The monoisotopic (exact) mass is 253 g/mol. The van der Waals surface area contributed by atoms with E-state index in [0.717, 1.165) is 25.3 Å². The fourth-order valence-electron chi connectivity index (χ4n) is 2.70. The first-order chi connectivity index (χ1) is 9.29. The Labute approximate surface area is 114 Å². The highest BCUT2D eigenvalue weighted by atomic mass is 16.5. The van der Waals surface area contributed by atoms with Crippen molar-refractivity contribution in [1.29, 1.82) is 0 Å². The van der Waals surface area contributed by atoms with Crippen LogP contribution in [-0.2, 0) is 13.0 Å². The number of aryl methyl sites for hydroxylation is 1. The number of nitrogens with one attached hydrogen (secondary N) is 1. The molecule has 1 aliphatic rings. The van der Waals surface area contributed by atoms with E-state index in [1.165, 1.54) is 27.8 Å². The van der Waals surface area contributed by atoms with Crippen LogP contribution in [0.3, 0.4) is 0 Å². The van der Waals surface area contributed by atoms with E-state index in [4.69, 9.17) is 4.74 Å². The van der Waals surface area contributed by atoms with E-state index < -0.39 is 0 Å². The highest BCUT2D eigenvalue weighted by Crippen LogP contribution is 2.38. The average Bonchev–Trinajstić information content (AvgIpc) is 2.89. The molecule has 1 heterocycles. The summed E-state index contributed by atoms with van der Waals surface area (Å²) in [5, 5.41) is 3.20. The van der Waals surface area contributed by atoms with Gasteiger partial charge in [0, 0.05) is 18.5 Å². The van der Waals surface area contributed by atoms with Gasteiger partial charge in [-0.3, -0.25) is 0 Å². The van der Waals surface area contributed by atoms with Crippen LogP contribution >= 0.6 is 0 Å². The third-order valence-electron chi connectivity index (χ3n) is 3.69. The number of para-hydroxylation sites is 1. The number of hydrogen-bond acceptors (Lipinski definition) is 2. The number of benzene rings is 2. The van der Waals surface area contributed by atoms with Gasteiger partial charge in [0.1, 0.15) is 5.75 Å². The van der Waals surface area contributed by atoms with E-state index in [2.05, 4.69) is 48.6 Å². The van der Waals surface area contributed by atoms with Gasteiger partial charge in [-0.2, -0.15) is 0 Å². The Balaban J connectivity index is 2.11. The molecule has 1 N–H and O–H groups in total. The lowest BCUT2D eigenvalue weighted by atomic mass is 9.95. The van der Waals surface area contributed by atoms with Crippen molar-refractivity contribution in [3.8, 4) is 16.9 Å². The predicted molar refractivity (Wildman–Crippen MR) is 78.6 cm³/mol. The molecular weight excluding hydrogens is 234 g/mol. The van der Waals surface area contributed by atoms with Crippen molar-refractivity contribution in [1.82, 2.24) is 5.32 Å². The molecule has 0 amide bonds. The Hall–Kier alpha value is -1.80. The van der Waals surface area contributed by atoms with Crippen molar-refractivity contribution in [3.05, 3.63) is 53.1 Å². The Morgan fingerprint density at radius 2 is 2.05 bits per heavy atom. The largest absolute Gasteiger partial charge is 0.492 e. The Morgan fingerprint density at radius 3 is 2.89 bits per heavy atom. The van der Waals surface area contributed by atoms with Gasteiger partial charge in [0.15, 0.2) is 0 Å². The summed E-state index contributed by atoms with van der Waals surface area (Å²) in [6.07, 6.45) is 1.03. The van der Waals surface area contributed by atoms with Crippen molar-refractivity contribution in [2.45, 2.75) is 19.9 Å². The van der Waals surface area contributed by atoms with Gasteiger partial charge < -0.3 is 10.1 Å². The molecule has 0 unspecified atom stereocenters. The van der Waals surface area contributed by atoms with Gasteiger partial charge in [-0.05, 0) is 42.3 Å². The Morgan fingerprint density at radius 1 is 1.16 bits per heavy atom. The summed E-state index contributed by atoms with van der Waals surface area (Å²) in [6.45, 7) is 3.86. The summed E-state index contributed by atoms with van der Waals surface area (Å²) >= 11 is 0. The summed E-state index contributed by atoms with van der Waals surface area (Å²) < 4.78 is 5.82. The van der Waals surface area contributed by atoms with Crippen LogP contribution in [-0.4, -0.2) is 13.7 Å². The zero-order valence-electron chi connectivity index (χ0n) is 11.5. The molecule has 0 fully saturated rings. The number of rotatable bonds is 3. The molecule has 0 aliphatic carbocycles. The molecule has 2 aromatic rings. The van der Waals surface area contributed by atoms with Crippen LogP contribution in [0, 0.1) is 6.92 Å². The second kappa shape index (κ2) is 5.06. The Kier molecular flexibility index (Phi) is 3.26. The molecule has 2 heteroatoms. The smallest absolute Gasteiger partial charge is 0.130 e. The molecule has 0 bridgehead atoms. The van der Waals surface area contributed by atoms with Crippen molar-refractivity contribution < 1.29 is 4.74 Å². The van der Waals surface area contributed by atoms with E-state index in [0.29, 0.717) is 0 Å². The van der Waals surface area contributed by atoms with Gasteiger partial charge in [-0.1, -0.05) is 30.3 Å². The minimum atomic E-state index is 0.807. The molecular formula is C17H19NO. The van der Waals surface area contributed by atoms with E-state index >= 15 is 0 Å². The molecule has 2 nitrogen and oxygen atoms in total. The average molecular weight is 253 g/mol. The first-order valence-electron chi connectivity index (χ1n) is 6.79. The molecule has 1 aliphatic heterocycles. The van der Waals surface area contributed by atoms with Crippen LogP contribution in [0.1, 0.15) is 16.7 Å². The summed E-state index contributed by atoms with van der Waals surface area (Å²) in [5.74, 6) is 1.08. The van der Waals surface area contributed by atoms with Crippen LogP contribution < -0.4 is 10.1 Å². The van der Waals surface area contributed by atoms with Gasteiger partial charge in [0.05, 0.1) is 6.61 Å². The highest BCUT2D eigenvalue weighted by Gasteiger charge is 2.17. The number of fused-ring (bicyclic) bond motifs is 1. The van der Waals surface area contributed by atoms with Gasteiger partial charge in [0.25, 0.3) is 0 Å². The molecule has 0 radical (unpaired) electrons. The molecule has 0 atom stereocenters. The highest BCUT2D eigenvalue weighted by molar-refractivity contribution is 5.75. The molecule has 2 aromatic carbocycles. The topological polar surface area (TPSA) is 21.3 Å². The number of hydrogen-bond donors (Lipinski definition) is 1. The van der Waals surface area contributed by atoms with Crippen molar-refractivity contribution in [3.63, 3.8) is 0 Å². The summed E-state index contributed by atoms with van der Waals surface area (Å²) in [7, 11) is 1.98. The van der Waals surface area contributed by atoms with Crippen LogP contribution in [0.15, 0.2) is 36.4 Å².